The van der Waals surface area contributed by atoms with Crippen molar-refractivity contribution in [2.75, 3.05) is 18.0 Å². The maximum Gasteiger partial charge on any atom is 0.254 e. The highest BCUT2D eigenvalue weighted by atomic mass is 16.3. The monoisotopic (exact) mass is 439 g/mol. The van der Waals surface area contributed by atoms with Gasteiger partial charge in [-0.1, -0.05) is 6.42 Å². The van der Waals surface area contributed by atoms with Gasteiger partial charge in [-0.05, 0) is 76.5 Å². The molecule has 4 bridgehead atoms. The van der Waals surface area contributed by atoms with Gasteiger partial charge in [0.25, 0.3) is 5.91 Å². The zero-order valence-electron chi connectivity index (χ0n) is 19.4. The number of carbonyl (C=O) groups is 1. The third-order valence-electron chi connectivity index (χ3n) is 8.92. The Balaban J connectivity index is 1.24. The maximum atomic E-state index is 13.5. The largest absolute Gasteiger partial charge is 0.390 e. The second-order valence-corrected chi connectivity index (χ2v) is 11.7. The predicted octanol–water partition coefficient (Wildman–Crippen LogP) is 2.60. The Morgan fingerprint density at radius 3 is 2.44 bits per heavy atom. The highest BCUT2D eigenvalue weighted by Crippen LogP contribution is 2.55. The van der Waals surface area contributed by atoms with Crippen LogP contribution in [-0.4, -0.2) is 57.8 Å². The van der Waals surface area contributed by atoms with Crippen LogP contribution in [0.1, 0.15) is 87.2 Å². The van der Waals surface area contributed by atoms with Gasteiger partial charge in [-0.25, -0.2) is 9.97 Å². The molecule has 0 aromatic carbocycles. The van der Waals surface area contributed by atoms with E-state index >= 15 is 0 Å². The molecule has 7 rings (SSSR count). The van der Waals surface area contributed by atoms with Crippen LogP contribution < -0.4 is 15.5 Å². The molecule has 0 radical (unpaired) electrons. The summed E-state index contributed by atoms with van der Waals surface area (Å²) in [5, 5.41) is 17.8. The molecule has 0 spiro atoms. The molecule has 4 atom stereocenters. The molecule has 32 heavy (non-hydrogen) atoms. The molecule has 174 valence electrons. The molecule has 1 saturated heterocycles. The van der Waals surface area contributed by atoms with E-state index < -0.39 is 5.60 Å². The van der Waals surface area contributed by atoms with Crippen molar-refractivity contribution in [2.24, 2.45) is 17.8 Å². The molecule has 7 nitrogen and oxygen atoms in total. The van der Waals surface area contributed by atoms with E-state index in [4.69, 9.17) is 4.98 Å². The van der Waals surface area contributed by atoms with Gasteiger partial charge in [0, 0.05) is 43.3 Å². The molecule has 7 heteroatoms. The summed E-state index contributed by atoms with van der Waals surface area (Å²) >= 11 is 0. The van der Waals surface area contributed by atoms with Crippen LogP contribution in [-0.2, 0) is 0 Å². The predicted molar refractivity (Wildman–Crippen MR) is 123 cm³/mol. The zero-order chi connectivity index (χ0) is 22.0. The van der Waals surface area contributed by atoms with Crippen LogP contribution in [0.4, 0.5) is 5.95 Å². The zero-order valence-corrected chi connectivity index (χ0v) is 19.4. The summed E-state index contributed by atoms with van der Waals surface area (Å²) in [5.41, 5.74) is 1.14. The lowest BCUT2D eigenvalue weighted by molar-refractivity contribution is -0.136. The van der Waals surface area contributed by atoms with E-state index in [0.29, 0.717) is 41.3 Å². The first-order chi connectivity index (χ1) is 15.4. The van der Waals surface area contributed by atoms with Crippen LogP contribution in [0.3, 0.4) is 0 Å². The van der Waals surface area contributed by atoms with Gasteiger partial charge < -0.3 is 20.6 Å². The van der Waals surface area contributed by atoms with Crippen molar-refractivity contribution in [3.63, 3.8) is 0 Å². The number of anilines is 1. The molecule has 1 aromatic heterocycles. The molecule has 2 unspecified atom stereocenters. The van der Waals surface area contributed by atoms with Crippen LogP contribution in [0.2, 0.25) is 0 Å². The Bertz CT molecular complexity index is 876. The maximum absolute atomic E-state index is 13.5. The lowest BCUT2D eigenvalue weighted by Crippen LogP contribution is -2.61. The first-order valence-electron chi connectivity index (χ1n) is 12.8. The highest BCUT2D eigenvalue weighted by Gasteiger charge is 2.55. The number of rotatable bonds is 4. The average molecular weight is 440 g/mol. The molecule has 6 aliphatic rings. The molecule has 1 aliphatic heterocycles. The third-order valence-corrected chi connectivity index (χ3v) is 8.92. The summed E-state index contributed by atoms with van der Waals surface area (Å²) in [6.45, 7) is 6.16. The minimum Gasteiger partial charge on any atom is -0.390 e. The van der Waals surface area contributed by atoms with Crippen molar-refractivity contribution < 1.29 is 9.90 Å². The summed E-state index contributed by atoms with van der Waals surface area (Å²) in [6.07, 6.45) is 10.1. The topological polar surface area (TPSA) is 90.4 Å². The number of carbonyl (C=O) groups excluding carboxylic acids is 1. The number of hydrogen-bond acceptors (Lipinski definition) is 6. The Morgan fingerprint density at radius 1 is 1.16 bits per heavy atom. The number of aliphatic hydroxyl groups is 1. The van der Waals surface area contributed by atoms with Crippen molar-refractivity contribution in [2.45, 2.75) is 94.9 Å². The summed E-state index contributed by atoms with van der Waals surface area (Å²) in [7, 11) is 0. The molecule has 3 N–H and O–H groups in total. The lowest BCUT2D eigenvalue weighted by Gasteiger charge is -2.58. The van der Waals surface area contributed by atoms with Gasteiger partial charge in [0.05, 0.1) is 16.9 Å². The lowest BCUT2D eigenvalue weighted by atomic mass is 9.52. The van der Waals surface area contributed by atoms with Crippen molar-refractivity contribution in [3.05, 3.63) is 17.5 Å². The SMILES string of the molecule is C[C@@H]1CN(c2ncc(C(=O)NC3C4CC5CC3CC(O)(C5)C4)c(C3CCC3)n2)C[C@H](C)N1. The molecular formula is C25H37N5O2. The number of nitrogens with zero attached hydrogens (tertiary/aromatic N) is 3. The van der Waals surface area contributed by atoms with Crippen LogP contribution in [0.5, 0.6) is 0 Å². The summed E-state index contributed by atoms with van der Waals surface area (Å²) in [4.78, 5) is 25.4. The minimum atomic E-state index is -0.475. The normalized spacial score (nSPS) is 40.9. The molecule has 1 aromatic rings. The van der Waals surface area contributed by atoms with Crippen molar-refractivity contribution >= 4 is 11.9 Å². The van der Waals surface area contributed by atoms with Gasteiger partial charge in [-0.15, -0.1) is 0 Å². The summed E-state index contributed by atoms with van der Waals surface area (Å²) in [5.74, 6) is 2.58. The summed E-state index contributed by atoms with van der Waals surface area (Å²) < 4.78 is 0. The van der Waals surface area contributed by atoms with Crippen LogP contribution in [0, 0.1) is 17.8 Å². The number of hydrogen-bond donors (Lipinski definition) is 3. The number of piperazine rings is 1. The van der Waals surface area contributed by atoms with E-state index in [1.807, 2.05) is 0 Å². The Hall–Kier alpha value is -1.73. The average Bonchev–Trinajstić information content (AvgIpc) is 2.67. The number of aromatic nitrogens is 2. The quantitative estimate of drug-likeness (QED) is 0.668. The van der Waals surface area contributed by atoms with Gasteiger partial charge in [-0.3, -0.25) is 4.79 Å². The van der Waals surface area contributed by atoms with Crippen molar-refractivity contribution in [1.29, 1.82) is 0 Å². The fourth-order valence-corrected chi connectivity index (χ4v) is 7.64. The molecule has 2 heterocycles. The fraction of sp³-hybridized carbons (Fsp3) is 0.800. The van der Waals surface area contributed by atoms with Crippen LogP contribution in [0.15, 0.2) is 6.20 Å². The molecule has 6 fully saturated rings. The third kappa shape index (κ3) is 3.61. The minimum absolute atomic E-state index is 0.00930. The first kappa shape index (κ1) is 20.8. The van der Waals surface area contributed by atoms with Crippen LogP contribution >= 0.6 is 0 Å². The van der Waals surface area contributed by atoms with Crippen molar-refractivity contribution in [3.8, 4) is 0 Å². The molecular weight excluding hydrogens is 402 g/mol. The smallest absolute Gasteiger partial charge is 0.254 e. The van der Waals surface area contributed by atoms with E-state index in [1.54, 1.807) is 6.20 Å². The second-order valence-electron chi connectivity index (χ2n) is 11.7. The Morgan fingerprint density at radius 2 is 1.84 bits per heavy atom. The van der Waals surface area contributed by atoms with E-state index in [1.165, 1.54) is 6.42 Å². The van der Waals surface area contributed by atoms with Gasteiger partial charge >= 0.3 is 0 Å². The first-order valence-corrected chi connectivity index (χ1v) is 12.8. The number of amides is 1. The highest BCUT2D eigenvalue weighted by molar-refractivity contribution is 5.95. The van der Waals surface area contributed by atoms with E-state index in [2.05, 4.69) is 34.4 Å². The van der Waals surface area contributed by atoms with Crippen molar-refractivity contribution in [1.82, 2.24) is 20.6 Å². The Labute approximate surface area is 190 Å². The number of nitrogens with one attached hydrogen (secondary N) is 2. The molecule has 1 amide bonds. The van der Waals surface area contributed by atoms with E-state index in [9.17, 15) is 9.90 Å². The second kappa shape index (κ2) is 7.66. The molecule has 5 aliphatic carbocycles. The summed E-state index contributed by atoms with van der Waals surface area (Å²) in [6, 6.07) is 0.969. The van der Waals surface area contributed by atoms with E-state index in [0.717, 1.165) is 69.7 Å². The standard InChI is InChI=1S/C25H37N5O2/c1-14-12-30(13-15(2)27-14)24-26-11-20(22(29-24)17-4-3-5-17)23(31)28-21-18-6-16-7-19(21)10-25(32,8-16)9-18/h11,14-19,21,27,32H,3-10,12-13H2,1-2H3,(H,28,31)/t14-,15+,16?,18?,19?,21?,25?. The van der Waals surface area contributed by atoms with Gasteiger partial charge in [0.1, 0.15) is 0 Å². The van der Waals surface area contributed by atoms with Gasteiger partial charge in [0.2, 0.25) is 5.95 Å². The van der Waals surface area contributed by atoms with Gasteiger partial charge in [-0.2, -0.15) is 0 Å². The van der Waals surface area contributed by atoms with Gasteiger partial charge in [0.15, 0.2) is 0 Å². The molecule has 5 saturated carbocycles. The van der Waals surface area contributed by atoms with E-state index in [-0.39, 0.29) is 11.9 Å². The fourth-order valence-electron chi connectivity index (χ4n) is 7.64. The van der Waals surface area contributed by atoms with Crippen LogP contribution in [0.25, 0.3) is 0 Å². The Kier molecular flexibility index (Phi) is 4.99.